The molecule has 1 aromatic carbocycles. The maximum absolute atomic E-state index is 11.4. The number of fused-ring (bicyclic) bond motifs is 1. The molecule has 4 heteroatoms. The molecule has 1 aromatic heterocycles. The zero-order valence-corrected chi connectivity index (χ0v) is 10.7. The van der Waals surface area contributed by atoms with Crippen molar-refractivity contribution < 1.29 is 9.90 Å². The van der Waals surface area contributed by atoms with Crippen molar-refractivity contribution in [1.29, 1.82) is 0 Å². The van der Waals surface area contributed by atoms with Crippen LogP contribution in [0.3, 0.4) is 0 Å². The van der Waals surface area contributed by atoms with Gasteiger partial charge in [-0.05, 0) is 37.8 Å². The lowest BCUT2D eigenvalue weighted by Gasteiger charge is -2.06. The average Bonchev–Trinajstić information content (AvgIpc) is 2.62. The minimum Gasteiger partial charge on any atom is -0.476 e. The molecule has 1 aliphatic carbocycles. The molecule has 1 N–H and O–H groups in total. The molecule has 0 saturated heterocycles. The fourth-order valence-electron chi connectivity index (χ4n) is 2.73. The van der Waals surface area contributed by atoms with Crippen LogP contribution in [0.5, 0.6) is 0 Å². The van der Waals surface area contributed by atoms with Crippen LogP contribution in [0.2, 0.25) is 0 Å². The predicted octanol–water partition coefficient (Wildman–Crippen LogP) is 2.84. The molecule has 1 aliphatic rings. The van der Waals surface area contributed by atoms with Crippen molar-refractivity contribution in [3.63, 3.8) is 0 Å². The number of aromatic nitrogens is 2. The minimum atomic E-state index is -0.923. The molecule has 1 heterocycles. The van der Waals surface area contributed by atoms with Crippen LogP contribution in [0.1, 0.15) is 41.0 Å². The van der Waals surface area contributed by atoms with E-state index < -0.39 is 5.97 Å². The number of para-hydroxylation sites is 1. The normalized spacial score (nSPS) is 14.7. The van der Waals surface area contributed by atoms with E-state index >= 15 is 0 Å². The van der Waals surface area contributed by atoms with Crippen molar-refractivity contribution in [1.82, 2.24) is 9.78 Å². The summed E-state index contributed by atoms with van der Waals surface area (Å²) in [4.78, 5) is 11.4. The Morgan fingerprint density at radius 1 is 1.11 bits per heavy atom. The van der Waals surface area contributed by atoms with Gasteiger partial charge in [0.25, 0.3) is 0 Å². The molecule has 98 valence electrons. The van der Waals surface area contributed by atoms with Crippen LogP contribution in [-0.4, -0.2) is 20.9 Å². The van der Waals surface area contributed by atoms with E-state index in [0.29, 0.717) is 0 Å². The molecular formula is C15H16N2O2. The third-order valence-electron chi connectivity index (χ3n) is 3.63. The first-order valence-electron chi connectivity index (χ1n) is 6.67. The Morgan fingerprint density at radius 3 is 2.58 bits per heavy atom. The summed E-state index contributed by atoms with van der Waals surface area (Å²) >= 11 is 0. The SMILES string of the molecule is O=C(O)c1nn(-c2ccccc2)c2c1CCCCC2. The molecule has 19 heavy (non-hydrogen) atoms. The molecule has 4 nitrogen and oxygen atoms in total. The van der Waals surface area contributed by atoms with Gasteiger partial charge in [-0.1, -0.05) is 24.6 Å². The van der Waals surface area contributed by atoms with Gasteiger partial charge in [0.05, 0.1) is 5.69 Å². The lowest BCUT2D eigenvalue weighted by Crippen LogP contribution is -2.03. The van der Waals surface area contributed by atoms with Gasteiger partial charge in [-0.3, -0.25) is 0 Å². The molecule has 0 amide bonds. The monoisotopic (exact) mass is 256 g/mol. The molecule has 2 aromatic rings. The standard InChI is InChI=1S/C15H16N2O2/c18-15(19)14-12-9-5-2-6-10-13(12)17(16-14)11-7-3-1-4-8-11/h1,3-4,7-8H,2,5-6,9-10H2,(H,18,19). The predicted molar refractivity (Wildman–Crippen MR) is 71.8 cm³/mol. The maximum atomic E-state index is 11.4. The molecule has 0 bridgehead atoms. The smallest absolute Gasteiger partial charge is 0.356 e. The number of hydrogen-bond donors (Lipinski definition) is 1. The number of carboxylic acid groups (broad SMARTS) is 1. The number of nitrogens with zero attached hydrogens (tertiary/aromatic N) is 2. The number of benzene rings is 1. The first-order valence-corrected chi connectivity index (χ1v) is 6.67. The Hall–Kier alpha value is -2.10. The van der Waals surface area contributed by atoms with Crippen LogP contribution in [0.4, 0.5) is 0 Å². The second-order valence-corrected chi connectivity index (χ2v) is 4.89. The Kier molecular flexibility index (Phi) is 3.07. The van der Waals surface area contributed by atoms with Gasteiger partial charge in [-0.15, -0.1) is 0 Å². The van der Waals surface area contributed by atoms with Crippen molar-refractivity contribution >= 4 is 5.97 Å². The highest BCUT2D eigenvalue weighted by atomic mass is 16.4. The van der Waals surface area contributed by atoms with E-state index in [1.54, 1.807) is 0 Å². The fourth-order valence-corrected chi connectivity index (χ4v) is 2.73. The second kappa shape index (κ2) is 4.88. The molecule has 0 saturated carbocycles. The first-order chi connectivity index (χ1) is 9.27. The molecule has 0 fully saturated rings. The van der Waals surface area contributed by atoms with Crippen molar-refractivity contribution in [3.05, 3.63) is 47.3 Å². The summed E-state index contributed by atoms with van der Waals surface area (Å²) in [6.07, 6.45) is 5.04. The Morgan fingerprint density at radius 2 is 1.84 bits per heavy atom. The quantitative estimate of drug-likeness (QED) is 0.840. The van der Waals surface area contributed by atoms with Gasteiger partial charge >= 0.3 is 5.97 Å². The van der Waals surface area contributed by atoms with E-state index in [1.165, 1.54) is 0 Å². The number of aromatic carboxylic acids is 1. The Labute approximate surface area is 111 Å². The highest BCUT2D eigenvalue weighted by Gasteiger charge is 2.24. The minimum absolute atomic E-state index is 0.223. The van der Waals surface area contributed by atoms with Crippen LogP contribution in [0, 0.1) is 0 Å². The molecular weight excluding hydrogens is 240 g/mol. The summed E-state index contributed by atoms with van der Waals surface area (Å²) in [5.41, 5.74) is 3.16. The maximum Gasteiger partial charge on any atom is 0.356 e. The zero-order valence-electron chi connectivity index (χ0n) is 10.7. The average molecular weight is 256 g/mol. The van der Waals surface area contributed by atoms with Crippen LogP contribution < -0.4 is 0 Å². The van der Waals surface area contributed by atoms with Crippen molar-refractivity contribution in [2.24, 2.45) is 0 Å². The van der Waals surface area contributed by atoms with Crippen LogP contribution in [0.15, 0.2) is 30.3 Å². The Bertz CT molecular complexity index is 602. The summed E-state index contributed by atoms with van der Waals surface area (Å²) in [7, 11) is 0. The summed E-state index contributed by atoms with van der Waals surface area (Å²) in [6, 6.07) is 9.76. The van der Waals surface area contributed by atoms with E-state index in [2.05, 4.69) is 5.10 Å². The highest BCUT2D eigenvalue weighted by Crippen LogP contribution is 2.26. The molecule has 0 aliphatic heterocycles. The van der Waals surface area contributed by atoms with Gasteiger partial charge in [-0.25, -0.2) is 9.48 Å². The lowest BCUT2D eigenvalue weighted by molar-refractivity contribution is 0.0688. The molecule has 0 radical (unpaired) electrons. The van der Waals surface area contributed by atoms with Crippen LogP contribution >= 0.6 is 0 Å². The van der Waals surface area contributed by atoms with Crippen molar-refractivity contribution in [2.45, 2.75) is 32.1 Å². The highest BCUT2D eigenvalue weighted by molar-refractivity contribution is 5.87. The van der Waals surface area contributed by atoms with E-state index in [1.807, 2.05) is 35.0 Å². The van der Waals surface area contributed by atoms with Gasteiger partial charge in [0.15, 0.2) is 5.69 Å². The fraction of sp³-hybridized carbons (Fsp3) is 0.333. The molecule has 0 unspecified atom stereocenters. The van der Waals surface area contributed by atoms with Gasteiger partial charge in [0.1, 0.15) is 0 Å². The van der Waals surface area contributed by atoms with Crippen LogP contribution in [0.25, 0.3) is 5.69 Å². The van der Waals surface area contributed by atoms with E-state index in [-0.39, 0.29) is 5.69 Å². The first kappa shape index (κ1) is 12.0. The third kappa shape index (κ3) is 2.14. The Balaban J connectivity index is 2.17. The summed E-state index contributed by atoms with van der Waals surface area (Å²) < 4.78 is 1.81. The van der Waals surface area contributed by atoms with Gasteiger partial charge < -0.3 is 5.11 Å². The number of hydrogen-bond acceptors (Lipinski definition) is 2. The zero-order chi connectivity index (χ0) is 13.2. The van der Waals surface area contributed by atoms with Gasteiger partial charge in [0, 0.05) is 11.3 Å². The van der Waals surface area contributed by atoms with Crippen LogP contribution in [-0.2, 0) is 12.8 Å². The number of carbonyl (C=O) groups is 1. The number of rotatable bonds is 2. The third-order valence-corrected chi connectivity index (χ3v) is 3.63. The molecule has 0 atom stereocenters. The van der Waals surface area contributed by atoms with E-state index in [9.17, 15) is 9.90 Å². The summed E-state index contributed by atoms with van der Waals surface area (Å²) in [5.74, 6) is -0.923. The lowest BCUT2D eigenvalue weighted by atomic mass is 10.1. The molecule has 0 spiro atoms. The topological polar surface area (TPSA) is 55.1 Å². The second-order valence-electron chi connectivity index (χ2n) is 4.89. The van der Waals surface area contributed by atoms with Gasteiger partial charge in [0.2, 0.25) is 0 Å². The largest absolute Gasteiger partial charge is 0.476 e. The van der Waals surface area contributed by atoms with Gasteiger partial charge in [-0.2, -0.15) is 5.10 Å². The molecule has 3 rings (SSSR count). The summed E-state index contributed by atoms with van der Waals surface area (Å²) in [6.45, 7) is 0. The van der Waals surface area contributed by atoms with Crippen molar-refractivity contribution in [2.75, 3.05) is 0 Å². The number of carboxylic acids is 1. The van der Waals surface area contributed by atoms with E-state index in [0.717, 1.165) is 49.0 Å². The van der Waals surface area contributed by atoms with Crippen molar-refractivity contribution in [3.8, 4) is 5.69 Å². The van der Waals surface area contributed by atoms with E-state index in [4.69, 9.17) is 0 Å². The summed E-state index contributed by atoms with van der Waals surface area (Å²) in [5, 5.41) is 13.6.